The number of furan rings is 1. The highest BCUT2D eigenvalue weighted by Crippen LogP contribution is 2.45. The van der Waals surface area contributed by atoms with E-state index in [1.165, 1.54) is 6.26 Å². The van der Waals surface area contributed by atoms with Crippen LogP contribution in [0.3, 0.4) is 0 Å². The van der Waals surface area contributed by atoms with Gasteiger partial charge in [-0.1, -0.05) is 86.1 Å². The normalized spacial score (nSPS) is 11.8. The van der Waals surface area contributed by atoms with E-state index in [4.69, 9.17) is 19.6 Å². The van der Waals surface area contributed by atoms with E-state index in [1.54, 1.807) is 16.8 Å². The third-order valence-electron chi connectivity index (χ3n) is 8.44. The van der Waals surface area contributed by atoms with E-state index in [0.717, 1.165) is 69.9 Å². The first-order valence-electron chi connectivity index (χ1n) is 16.7. The molecule has 6 rings (SSSR count). The van der Waals surface area contributed by atoms with E-state index < -0.39 is 0 Å². The molecule has 2 heterocycles. The fourth-order valence-electron chi connectivity index (χ4n) is 5.94. The molecular weight excluding hydrogens is 638 g/mol. The van der Waals surface area contributed by atoms with Crippen LogP contribution in [0, 0.1) is 5.92 Å². The lowest BCUT2D eigenvalue weighted by Gasteiger charge is -2.20. The second-order valence-corrected chi connectivity index (χ2v) is 12.5. The molecule has 0 unspecified atom stereocenters. The average Bonchev–Trinajstić information content (AvgIpc) is 3.80. The molecule has 4 aromatic carbocycles. The number of carbonyl (C=O) groups is 1. The molecule has 0 aliphatic rings. The fourth-order valence-corrected chi connectivity index (χ4v) is 5.94. The Morgan fingerprint density at radius 1 is 0.857 bits per heavy atom. The van der Waals surface area contributed by atoms with Crippen molar-refractivity contribution in [3.63, 3.8) is 0 Å². The van der Waals surface area contributed by atoms with Gasteiger partial charge in [0.05, 0.1) is 25.6 Å². The van der Waals surface area contributed by atoms with Gasteiger partial charge < -0.3 is 24.9 Å². The summed E-state index contributed by atoms with van der Waals surface area (Å²) in [4.78, 5) is 12.7. The van der Waals surface area contributed by atoms with Crippen LogP contribution >= 0.6 is 12.4 Å². The number of amides is 1. The van der Waals surface area contributed by atoms with Crippen LogP contribution in [0.5, 0.6) is 11.5 Å². The van der Waals surface area contributed by atoms with Crippen LogP contribution in [0.25, 0.3) is 32.7 Å². The van der Waals surface area contributed by atoms with Crippen LogP contribution < -0.4 is 20.5 Å². The number of nitrogens with one attached hydrogen (secondary N) is 1. The highest BCUT2D eigenvalue weighted by molar-refractivity contribution is 6.09. The lowest BCUT2D eigenvalue weighted by atomic mass is 9.92. The number of rotatable bonds is 16. The average molecular weight is 682 g/mol. The van der Waals surface area contributed by atoms with Crippen molar-refractivity contribution in [2.45, 2.75) is 58.7 Å². The third-order valence-corrected chi connectivity index (χ3v) is 8.44. The number of hydrogen-bond acceptors (Lipinski definition) is 7. The van der Waals surface area contributed by atoms with Gasteiger partial charge in [-0.25, -0.2) is 0 Å². The molecule has 0 saturated heterocycles. The summed E-state index contributed by atoms with van der Waals surface area (Å²) in [6, 6.07) is 28.2. The molecule has 1 atom stereocenters. The van der Waals surface area contributed by atoms with Crippen LogP contribution in [-0.4, -0.2) is 40.1 Å². The Labute approximate surface area is 293 Å². The number of carbonyl (C=O) groups excluding carboxylic acids is 1. The molecule has 6 aromatic rings. The van der Waals surface area contributed by atoms with Gasteiger partial charge in [0.15, 0.2) is 5.76 Å². The molecule has 0 aliphatic carbocycles. The van der Waals surface area contributed by atoms with Gasteiger partial charge >= 0.3 is 0 Å². The Hall–Kier alpha value is -4.86. The highest BCUT2D eigenvalue weighted by Gasteiger charge is 2.21. The SMILES string of the molecule is CC(C)CCOc1ccc2ccccc2c1-c1c(OCc2cn(C[C@@H](CCCCN)NC(=O)c3ccco3)nn2)ccc2ccccc12.Cl. The first-order valence-corrected chi connectivity index (χ1v) is 16.7. The molecular formula is C39H44ClN5O4. The summed E-state index contributed by atoms with van der Waals surface area (Å²) in [7, 11) is 0. The molecule has 0 spiro atoms. The maximum absolute atomic E-state index is 12.7. The number of ether oxygens (including phenoxy) is 2. The van der Waals surface area contributed by atoms with Gasteiger partial charge in [-0.2, -0.15) is 0 Å². The molecule has 2 aromatic heterocycles. The summed E-state index contributed by atoms with van der Waals surface area (Å²) in [6.07, 6.45) is 6.83. The fraction of sp³-hybridized carbons (Fsp3) is 0.308. The van der Waals surface area contributed by atoms with Crippen molar-refractivity contribution in [2.24, 2.45) is 11.7 Å². The highest BCUT2D eigenvalue weighted by atomic mass is 35.5. The number of benzene rings is 4. The minimum Gasteiger partial charge on any atom is -0.493 e. The van der Waals surface area contributed by atoms with Crippen molar-refractivity contribution in [1.82, 2.24) is 20.3 Å². The smallest absolute Gasteiger partial charge is 0.287 e. The van der Waals surface area contributed by atoms with Crippen LogP contribution in [0.2, 0.25) is 0 Å². The Morgan fingerprint density at radius 2 is 1.53 bits per heavy atom. The zero-order valence-corrected chi connectivity index (χ0v) is 28.8. The summed E-state index contributed by atoms with van der Waals surface area (Å²) in [5, 5.41) is 16.3. The number of unbranched alkanes of at least 4 members (excludes halogenated alkanes) is 1. The Kier molecular flexibility index (Phi) is 12.3. The van der Waals surface area contributed by atoms with Gasteiger partial charge in [0, 0.05) is 17.2 Å². The molecule has 0 radical (unpaired) electrons. The first-order chi connectivity index (χ1) is 23.5. The van der Waals surface area contributed by atoms with E-state index in [9.17, 15) is 4.79 Å². The molecule has 0 bridgehead atoms. The number of nitrogens with zero attached hydrogens (tertiary/aromatic N) is 3. The second-order valence-electron chi connectivity index (χ2n) is 12.5. The van der Waals surface area contributed by atoms with E-state index in [0.29, 0.717) is 31.3 Å². The zero-order chi connectivity index (χ0) is 33.3. The van der Waals surface area contributed by atoms with Gasteiger partial charge in [-0.3, -0.25) is 9.48 Å². The summed E-state index contributed by atoms with van der Waals surface area (Å²) in [6.45, 7) is 6.31. The predicted molar refractivity (Wildman–Crippen MR) is 196 cm³/mol. The molecule has 256 valence electrons. The summed E-state index contributed by atoms with van der Waals surface area (Å²) < 4.78 is 20.1. The Bertz CT molecular complexity index is 1960. The van der Waals surface area contributed by atoms with E-state index in [2.05, 4.69) is 96.2 Å². The molecule has 49 heavy (non-hydrogen) atoms. The second kappa shape index (κ2) is 17.0. The minimum absolute atomic E-state index is 0. The molecule has 9 nitrogen and oxygen atoms in total. The van der Waals surface area contributed by atoms with Gasteiger partial charge in [0.2, 0.25) is 0 Å². The zero-order valence-electron chi connectivity index (χ0n) is 28.0. The van der Waals surface area contributed by atoms with Crippen LogP contribution in [0.15, 0.2) is 102 Å². The van der Waals surface area contributed by atoms with E-state index >= 15 is 0 Å². The van der Waals surface area contributed by atoms with Crippen molar-refractivity contribution < 1.29 is 18.7 Å². The lowest BCUT2D eigenvalue weighted by Crippen LogP contribution is -2.38. The first kappa shape index (κ1) is 35.4. The van der Waals surface area contributed by atoms with Gasteiger partial charge in [0.25, 0.3) is 5.91 Å². The number of nitrogens with two attached hydrogens (primary N) is 1. The van der Waals surface area contributed by atoms with Gasteiger partial charge in [-0.05, 0) is 77.5 Å². The quantitative estimate of drug-likeness (QED) is 0.0989. The number of aromatic nitrogens is 3. The Balaban J connectivity index is 0.00000468. The van der Waals surface area contributed by atoms with Gasteiger partial charge in [0.1, 0.15) is 23.8 Å². The van der Waals surface area contributed by atoms with Crippen molar-refractivity contribution >= 4 is 39.9 Å². The monoisotopic (exact) mass is 681 g/mol. The molecule has 0 fully saturated rings. The Morgan fingerprint density at radius 3 is 2.16 bits per heavy atom. The lowest BCUT2D eigenvalue weighted by molar-refractivity contribution is 0.0901. The topological polar surface area (TPSA) is 117 Å². The van der Waals surface area contributed by atoms with E-state index in [1.807, 2.05) is 12.3 Å². The minimum atomic E-state index is -0.258. The van der Waals surface area contributed by atoms with Crippen molar-refractivity contribution in [3.05, 3.63) is 109 Å². The molecule has 10 heteroatoms. The van der Waals surface area contributed by atoms with Crippen LogP contribution in [0.1, 0.15) is 55.8 Å². The van der Waals surface area contributed by atoms with Crippen LogP contribution in [0.4, 0.5) is 0 Å². The maximum Gasteiger partial charge on any atom is 0.287 e. The molecule has 3 N–H and O–H groups in total. The van der Waals surface area contributed by atoms with Crippen molar-refractivity contribution in [1.29, 1.82) is 0 Å². The molecule has 0 aliphatic heterocycles. The van der Waals surface area contributed by atoms with E-state index in [-0.39, 0.29) is 36.7 Å². The van der Waals surface area contributed by atoms with Gasteiger partial charge in [-0.15, -0.1) is 17.5 Å². The molecule has 0 saturated carbocycles. The number of fused-ring (bicyclic) bond motifs is 2. The summed E-state index contributed by atoms with van der Waals surface area (Å²) >= 11 is 0. The summed E-state index contributed by atoms with van der Waals surface area (Å²) in [5.74, 6) is 2.12. The predicted octanol–water partition coefficient (Wildman–Crippen LogP) is 8.20. The van der Waals surface area contributed by atoms with Crippen molar-refractivity contribution in [2.75, 3.05) is 13.2 Å². The molecule has 1 amide bonds. The number of hydrogen-bond donors (Lipinski definition) is 2. The number of halogens is 1. The van der Waals surface area contributed by atoms with Crippen molar-refractivity contribution in [3.8, 4) is 22.6 Å². The summed E-state index contributed by atoms with van der Waals surface area (Å²) in [5.41, 5.74) is 8.40. The maximum atomic E-state index is 12.7. The van der Waals surface area contributed by atoms with Crippen LogP contribution in [-0.2, 0) is 13.2 Å². The third kappa shape index (κ3) is 8.79. The largest absolute Gasteiger partial charge is 0.493 e. The standard InChI is InChI=1S/C39H43N5O4.ClH/c1-27(2)20-23-47-34-18-16-28-10-3-5-13-32(28)37(34)38-33-14-6-4-11-29(33)17-19-35(38)48-26-31-25-44(43-42-31)24-30(12-7-8-21-40)41-39(45)36-15-9-22-46-36;/h3-6,9-11,13-19,22,25,27,30H,7-8,12,20-21,23-24,26,40H2,1-2H3,(H,41,45);1H/t30-;/m1./s1.